The number of hydrogen-bond acceptors (Lipinski definition) is 1. The Balaban J connectivity index is 2.26. The van der Waals surface area contributed by atoms with E-state index in [1.165, 1.54) is 11.1 Å². The van der Waals surface area contributed by atoms with E-state index in [0.717, 1.165) is 6.42 Å². The van der Waals surface area contributed by atoms with E-state index in [2.05, 4.69) is 55.5 Å². The average Bonchev–Trinajstić information content (AvgIpc) is 2.29. The van der Waals surface area contributed by atoms with Gasteiger partial charge in [0.2, 0.25) is 0 Å². The molecule has 2 aliphatic heterocycles. The Kier molecular flexibility index (Phi) is 2.09. The monoisotopic (exact) mass is 173 g/mol. The maximum absolute atomic E-state index is 2.32. The average molecular weight is 173 g/mol. The Morgan fingerprint density at radius 3 is 2.62 bits per heavy atom. The highest BCUT2D eigenvalue weighted by atomic mass is 15.1. The fourth-order valence-corrected chi connectivity index (χ4v) is 1.69. The summed E-state index contributed by atoms with van der Waals surface area (Å²) >= 11 is 0. The summed E-state index contributed by atoms with van der Waals surface area (Å²) in [5.74, 6) is 0. The second-order valence-electron chi connectivity index (χ2n) is 3.74. The van der Waals surface area contributed by atoms with Crippen LogP contribution in [-0.4, -0.2) is 10.9 Å². The van der Waals surface area contributed by atoms with E-state index in [9.17, 15) is 0 Å². The molecule has 0 radical (unpaired) electrons. The zero-order chi connectivity index (χ0) is 9.26. The highest BCUT2D eigenvalue weighted by molar-refractivity contribution is 5.29. The maximum Gasteiger partial charge on any atom is 0.0550 e. The molecule has 1 unspecified atom stereocenters. The van der Waals surface area contributed by atoms with Crippen molar-refractivity contribution < 1.29 is 0 Å². The van der Waals surface area contributed by atoms with Crippen LogP contribution >= 0.6 is 0 Å². The minimum atomic E-state index is 0.527. The number of allylic oxidation sites excluding steroid dienone is 4. The minimum absolute atomic E-state index is 0.527. The lowest BCUT2D eigenvalue weighted by atomic mass is 10.1. The first-order valence-electron chi connectivity index (χ1n) is 4.75. The van der Waals surface area contributed by atoms with Crippen molar-refractivity contribution in [3.8, 4) is 0 Å². The van der Waals surface area contributed by atoms with Crippen molar-refractivity contribution in [3.05, 3.63) is 47.9 Å². The standard InChI is InChI=1S/C12H15N/c1-10-3-4-12-9-11(2)6-8-13(12)7-5-10/h3,5-9,12H,4H2,1-2H3. The number of rotatable bonds is 0. The van der Waals surface area contributed by atoms with Gasteiger partial charge in [-0.05, 0) is 32.4 Å². The molecule has 0 fully saturated rings. The van der Waals surface area contributed by atoms with Gasteiger partial charge in [0.25, 0.3) is 0 Å². The van der Waals surface area contributed by atoms with Crippen molar-refractivity contribution in [1.82, 2.24) is 4.90 Å². The van der Waals surface area contributed by atoms with Crippen LogP contribution in [0.2, 0.25) is 0 Å². The molecule has 1 heteroatoms. The first kappa shape index (κ1) is 8.36. The van der Waals surface area contributed by atoms with Crippen molar-refractivity contribution in [3.63, 3.8) is 0 Å². The lowest BCUT2D eigenvalue weighted by molar-refractivity contribution is 0.423. The molecule has 13 heavy (non-hydrogen) atoms. The van der Waals surface area contributed by atoms with Crippen LogP contribution in [0.5, 0.6) is 0 Å². The SMILES string of the molecule is CC1=CCC2C=C(C)C=CN2C=C1. The first-order valence-corrected chi connectivity index (χ1v) is 4.75. The van der Waals surface area contributed by atoms with Crippen molar-refractivity contribution in [2.45, 2.75) is 26.3 Å². The molecular formula is C12H15N. The fraction of sp³-hybridized carbons (Fsp3) is 0.333. The van der Waals surface area contributed by atoms with Crippen molar-refractivity contribution in [1.29, 1.82) is 0 Å². The van der Waals surface area contributed by atoms with Gasteiger partial charge in [0.1, 0.15) is 0 Å². The van der Waals surface area contributed by atoms with Crippen LogP contribution in [0.4, 0.5) is 0 Å². The topological polar surface area (TPSA) is 3.24 Å². The van der Waals surface area contributed by atoms with Crippen LogP contribution in [0, 0.1) is 0 Å². The summed E-state index contributed by atoms with van der Waals surface area (Å²) in [4.78, 5) is 2.26. The minimum Gasteiger partial charge on any atom is -0.347 e. The first-order chi connectivity index (χ1) is 6.25. The van der Waals surface area contributed by atoms with E-state index >= 15 is 0 Å². The van der Waals surface area contributed by atoms with Gasteiger partial charge in [-0.2, -0.15) is 0 Å². The van der Waals surface area contributed by atoms with Gasteiger partial charge in [0, 0.05) is 12.4 Å². The fourth-order valence-electron chi connectivity index (χ4n) is 1.69. The summed E-state index contributed by atoms with van der Waals surface area (Å²) in [6.45, 7) is 4.30. The molecular weight excluding hydrogens is 158 g/mol. The summed E-state index contributed by atoms with van der Waals surface area (Å²) in [7, 11) is 0. The molecule has 1 nitrogen and oxygen atoms in total. The van der Waals surface area contributed by atoms with Crippen LogP contribution in [0.3, 0.4) is 0 Å². The van der Waals surface area contributed by atoms with Crippen LogP contribution < -0.4 is 0 Å². The lowest BCUT2D eigenvalue weighted by Gasteiger charge is -2.26. The second-order valence-corrected chi connectivity index (χ2v) is 3.74. The molecule has 1 atom stereocenters. The van der Waals surface area contributed by atoms with E-state index in [1.54, 1.807) is 0 Å². The van der Waals surface area contributed by atoms with Crippen LogP contribution in [0.25, 0.3) is 0 Å². The van der Waals surface area contributed by atoms with Gasteiger partial charge >= 0.3 is 0 Å². The third kappa shape index (κ3) is 1.74. The largest absolute Gasteiger partial charge is 0.347 e. The molecule has 68 valence electrons. The highest BCUT2D eigenvalue weighted by Crippen LogP contribution is 2.20. The summed E-state index contributed by atoms with van der Waals surface area (Å²) in [5.41, 5.74) is 2.72. The third-order valence-corrected chi connectivity index (χ3v) is 2.54. The predicted octanol–water partition coefficient (Wildman–Crippen LogP) is 2.99. The summed E-state index contributed by atoms with van der Waals surface area (Å²) in [6, 6.07) is 0.527. The summed E-state index contributed by atoms with van der Waals surface area (Å²) < 4.78 is 0. The van der Waals surface area contributed by atoms with Gasteiger partial charge < -0.3 is 4.90 Å². The number of fused-ring (bicyclic) bond motifs is 1. The van der Waals surface area contributed by atoms with E-state index in [0.29, 0.717) is 6.04 Å². The lowest BCUT2D eigenvalue weighted by Crippen LogP contribution is -2.25. The van der Waals surface area contributed by atoms with Gasteiger partial charge in [-0.15, -0.1) is 0 Å². The normalized spacial score (nSPS) is 26.3. The molecule has 0 amide bonds. The smallest absolute Gasteiger partial charge is 0.0550 e. The Hall–Kier alpha value is -1.24. The molecule has 0 saturated heterocycles. The van der Waals surface area contributed by atoms with Gasteiger partial charge in [0.05, 0.1) is 6.04 Å². The molecule has 2 rings (SSSR count). The molecule has 0 aromatic rings. The second kappa shape index (κ2) is 3.25. The van der Waals surface area contributed by atoms with Crippen molar-refractivity contribution in [2.24, 2.45) is 0 Å². The molecule has 0 spiro atoms. The Morgan fingerprint density at radius 2 is 1.85 bits per heavy atom. The van der Waals surface area contributed by atoms with Gasteiger partial charge in [-0.1, -0.05) is 23.3 Å². The highest BCUT2D eigenvalue weighted by Gasteiger charge is 2.14. The predicted molar refractivity (Wildman–Crippen MR) is 56.0 cm³/mol. The van der Waals surface area contributed by atoms with Crippen LogP contribution in [0.15, 0.2) is 47.9 Å². The molecule has 2 heterocycles. The van der Waals surface area contributed by atoms with Gasteiger partial charge in [-0.3, -0.25) is 0 Å². The molecule has 0 N–H and O–H groups in total. The Bertz CT molecular complexity index is 318. The van der Waals surface area contributed by atoms with E-state index < -0.39 is 0 Å². The zero-order valence-corrected chi connectivity index (χ0v) is 8.20. The van der Waals surface area contributed by atoms with E-state index in [1.807, 2.05) is 0 Å². The Labute approximate surface area is 79.7 Å². The Morgan fingerprint density at radius 1 is 1.15 bits per heavy atom. The van der Waals surface area contributed by atoms with Crippen molar-refractivity contribution in [2.75, 3.05) is 0 Å². The molecule has 2 aliphatic rings. The van der Waals surface area contributed by atoms with Crippen LogP contribution in [-0.2, 0) is 0 Å². The third-order valence-electron chi connectivity index (χ3n) is 2.54. The molecule has 0 saturated carbocycles. The van der Waals surface area contributed by atoms with Crippen LogP contribution in [0.1, 0.15) is 20.3 Å². The molecule has 0 bridgehead atoms. The van der Waals surface area contributed by atoms with E-state index in [4.69, 9.17) is 0 Å². The quantitative estimate of drug-likeness (QED) is 0.544. The molecule has 0 aromatic heterocycles. The molecule has 0 aromatic carbocycles. The molecule has 0 aliphatic carbocycles. The van der Waals surface area contributed by atoms with E-state index in [-0.39, 0.29) is 0 Å². The summed E-state index contributed by atoms with van der Waals surface area (Å²) in [5, 5.41) is 0. The number of hydrogen-bond donors (Lipinski definition) is 0. The number of nitrogens with zero attached hydrogens (tertiary/aromatic N) is 1. The maximum atomic E-state index is 2.32. The van der Waals surface area contributed by atoms with Gasteiger partial charge in [-0.25, -0.2) is 0 Å². The van der Waals surface area contributed by atoms with Crippen molar-refractivity contribution >= 4 is 0 Å². The van der Waals surface area contributed by atoms with Gasteiger partial charge in [0.15, 0.2) is 0 Å². The summed E-state index contributed by atoms with van der Waals surface area (Å²) in [6.07, 6.45) is 14.4. The zero-order valence-electron chi connectivity index (χ0n) is 8.20.